The summed E-state index contributed by atoms with van der Waals surface area (Å²) in [5.41, 5.74) is 0. The summed E-state index contributed by atoms with van der Waals surface area (Å²) in [5, 5.41) is 22.0. The molecule has 1 rings (SSSR count). The fourth-order valence-electron chi connectivity index (χ4n) is 0.918. The molecule has 13 heavy (non-hydrogen) atoms. The van der Waals surface area contributed by atoms with Gasteiger partial charge in [0.25, 0.3) is 0 Å². The molecule has 0 amide bonds. The van der Waals surface area contributed by atoms with Gasteiger partial charge in [-0.05, 0) is 19.8 Å². The van der Waals surface area contributed by atoms with Gasteiger partial charge in [-0.15, -0.1) is 10.2 Å². The van der Waals surface area contributed by atoms with E-state index in [2.05, 4.69) is 15.5 Å². The summed E-state index contributed by atoms with van der Waals surface area (Å²) in [7, 11) is 0. The molecule has 0 saturated heterocycles. The highest BCUT2D eigenvalue weighted by Crippen LogP contribution is 2.13. The minimum absolute atomic E-state index is 0.207. The number of aryl methyl sites for hydroxylation is 1. The summed E-state index contributed by atoms with van der Waals surface area (Å²) in [6.45, 7) is 4.65. The molecule has 1 heterocycles. The number of hydrogen-bond acceptors (Lipinski definition) is 5. The monoisotopic (exact) mass is 201 g/mol. The first-order chi connectivity index (χ1) is 6.22. The van der Waals surface area contributed by atoms with Crippen molar-refractivity contribution in [3.05, 3.63) is 5.01 Å². The van der Waals surface area contributed by atoms with Gasteiger partial charge in [0.1, 0.15) is 5.01 Å². The summed E-state index contributed by atoms with van der Waals surface area (Å²) < 4.78 is 0. The van der Waals surface area contributed by atoms with Crippen molar-refractivity contribution in [3.63, 3.8) is 0 Å². The van der Waals surface area contributed by atoms with Gasteiger partial charge in [0.05, 0.1) is 6.10 Å². The van der Waals surface area contributed by atoms with Crippen molar-refractivity contribution < 1.29 is 5.11 Å². The lowest BCUT2D eigenvalue weighted by Crippen LogP contribution is -2.12. The number of anilines is 1. The number of rotatable bonds is 5. The second kappa shape index (κ2) is 5.14. The lowest BCUT2D eigenvalue weighted by Gasteiger charge is -2.06. The van der Waals surface area contributed by atoms with Gasteiger partial charge in [0.15, 0.2) is 0 Å². The van der Waals surface area contributed by atoms with Crippen molar-refractivity contribution in [2.75, 3.05) is 11.9 Å². The van der Waals surface area contributed by atoms with E-state index < -0.39 is 0 Å². The lowest BCUT2D eigenvalue weighted by atomic mass is 10.2. The molecule has 0 spiro atoms. The van der Waals surface area contributed by atoms with Crippen LogP contribution in [0.15, 0.2) is 0 Å². The van der Waals surface area contributed by atoms with Crippen molar-refractivity contribution in [2.24, 2.45) is 0 Å². The Morgan fingerprint density at radius 1 is 1.54 bits per heavy atom. The number of nitrogens with zero attached hydrogens (tertiary/aromatic N) is 2. The molecule has 1 aromatic heterocycles. The molecular formula is C8H15N3OS. The Balaban J connectivity index is 2.20. The van der Waals surface area contributed by atoms with Crippen LogP contribution in [0, 0.1) is 6.92 Å². The van der Waals surface area contributed by atoms with Crippen LogP contribution in [0.2, 0.25) is 0 Å². The van der Waals surface area contributed by atoms with Gasteiger partial charge in [-0.2, -0.15) is 0 Å². The minimum atomic E-state index is -0.207. The molecule has 0 aromatic carbocycles. The molecule has 0 saturated carbocycles. The highest BCUT2D eigenvalue weighted by Gasteiger charge is 2.02. The van der Waals surface area contributed by atoms with Gasteiger partial charge >= 0.3 is 0 Å². The molecule has 0 radical (unpaired) electrons. The molecule has 0 bridgehead atoms. The van der Waals surface area contributed by atoms with Crippen molar-refractivity contribution in [2.45, 2.75) is 32.8 Å². The quantitative estimate of drug-likeness (QED) is 0.756. The molecule has 5 heteroatoms. The fraction of sp³-hybridized carbons (Fsp3) is 0.750. The third-order valence-corrected chi connectivity index (χ3v) is 2.55. The van der Waals surface area contributed by atoms with Crippen LogP contribution in [0.5, 0.6) is 0 Å². The second-order valence-corrected chi connectivity index (χ2v) is 4.09. The number of aromatic nitrogens is 2. The van der Waals surface area contributed by atoms with E-state index >= 15 is 0 Å². The van der Waals surface area contributed by atoms with E-state index in [1.54, 1.807) is 0 Å². The van der Waals surface area contributed by atoms with Crippen LogP contribution >= 0.6 is 11.3 Å². The Kier molecular flexibility index (Phi) is 4.11. The van der Waals surface area contributed by atoms with Crippen molar-refractivity contribution in [3.8, 4) is 0 Å². The van der Waals surface area contributed by atoms with E-state index in [-0.39, 0.29) is 6.10 Å². The van der Waals surface area contributed by atoms with Gasteiger partial charge < -0.3 is 10.4 Å². The Labute approximate surface area is 82.0 Å². The smallest absolute Gasteiger partial charge is 0.205 e. The molecule has 4 nitrogen and oxygen atoms in total. The van der Waals surface area contributed by atoms with Crippen LogP contribution in [-0.4, -0.2) is 28.0 Å². The van der Waals surface area contributed by atoms with Crippen LogP contribution in [0.4, 0.5) is 5.13 Å². The van der Waals surface area contributed by atoms with Gasteiger partial charge in [-0.25, -0.2) is 0 Å². The summed E-state index contributed by atoms with van der Waals surface area (Å²) in [6.07, 6.45) is 1.35. The predicted octanol–water partition coefficient (Wildman–Crippen LogP) is 1.42. The first-order valence-corrected chi connectivity index (χ1v) is 5.26. The minimum Gasteiger partial charge on any atom is -0.393 e. The van der Waals surface area contributed by atoms with Gasteiger partial charge in [0.2, 0.25) is 5.13 Å². The van der Waals surface area contributed by atoms with Crippen LogP contribution < -0.4 is 5.32 Å². The molecule has 1 atom stereocenters. The summed E-state index contributed by atoms with van der Waals surface area (Å²) in [5.74, 6) is 0. The summed E-state index contributed by atoms with van der Waals surface area (Å²) in [4.78, 5) is 0. The average Bonchev–Trinajstić information content (AvgIpc) is 2.51. The largest absolute Gasteiger partial charge is 0.393 e. The molecule has 0 aliphatic carbocycles. The number of aliphatic hydroxyl groups excluding tert-OH is 1. The van der Waals surface area contributed by atoms with E-state index in [9.17, 15) is 5.11 Å². The molecule has 2 N–H and O–H groups in total. The van der Waals surface area contributed by atoms with Crippen molar-refractivity contribution in [1.29, 1.82) is 0 Å². The van der Waals surface area contributed by atoms with Crippen LogP contribution in [0.1, 0.15) is 24.8 Å². The second-order valence-electron chi connectivity index (χ2n) is 2.90. The normalized spacial score (nSPS) is 12.8. The molecular weight excluding hydrogens is 186 g/mol. The summed E-state index contributed by atoms with van der Waals surface area (Å²) >= 11 is 1.53. The SMILES string of the molecule is CCC(O)CCNc1nnc(C)s1. The number of hydrogen-bond donors (Lipinski definition) is 2. The predicted molar refractivity (Wildman–Crippen MR) is 54.1 cm³/mol. The lowest BCUT2D eigenvalue weighted by molar-refractivity contribution is 0.164. The molecule has 1 aromatic rings. The maximum atomic E-state index is 9.27. The molecule has 0 fully saturated rings. The Hall–Kier alpha value is -0.680. The Morgan fingerprint density at radius 3 is 2.85 bits per heavy atom. The van der Waals surface area contributed by atoms with E-state index in [1.165, 1.54) is 11.3 Å². The molecule has 1 unspecified atom stereocenters. The highest BCUT2D eigenvalue weighted by molar-refractivity contribution is 7.15. The third-order valence-electron chi connectivity index (χ3n) is 1.75. The number of nitrogens with one attached hydrogen (secondary N) is 1. The van der Waals surface area contributed by atoms with Gasteiger partial charge in [-0.1, -0.05) is 18.3 Å². The van der Waals surface area contributed by atoms with Gasteiger partial charge in [0, 0.05) is 6.54 Å². The zero-order chi connectivity index (χ0) is 9.68. The van der Waals surface area contributed by atoms with Gasteiger partial charge in [-0.3, -0.25) is 0 Å². The molecule has 74 valence electrons. The topological polar surface area (TPSA) is 58.0 Å². The van der Waals surface area contributed by atoms with Crippen molar-refractivity contribution >= 4 is 16.5 Å². The zero-order valence-corrected chi connectivity index (χ0v) is 8.77. The highest BCUT2D eigenvalue weighted by atomic mass is 32.1. The number of aliphatic hydroxyl groups is 1. The molecule has 0 aliphatic heterocycles. The third kappa shape index (κ3) is 3.69. The first kappa shape index (κ1) is 10.4. The maximum Gasteiger partial charge on any atom is 0.205 e. The fourth-order valence-corrected chi connectivity index (χ4v) is 1.54. The van der Waals surface area contributed by atoms with E-state index in [0.29, 0.717) is 0 Å². The first-order valence-electron chi connectivity index (χ1n) is 4.44. The Bertz CT molecular complexity index is 251. The van der Waals surface area contributed by atoms with E-state index in [0.717, 1.165) is 29.5 Å². The van der Waals surface area contributed by atoms with Crippen LogP contribution in [0.25, 0.3) is 0 Å². The average molecular weight is 201 g/mol. The molecule has 0 aliphatic rings. The van der Waals surface area contributed by atoms with Crippen molar-refractivity contribution in [1.82, 2.24) is 10.2 Å². The summed E-state index contributed by atoms with van der Waals surface area (Å²) in [6, 6.07) is 0. The van der Waals surface area contributed by atoms with E-state index in [1.807, 2.05) is 13.8 Å². The zero-order valence-electron chi connectivity index (χ0n) is 7.95. The van der Waals surface area contributed by atoms with E-state index in [4.69, 9.17) is 0 Å². The standard InChI is InChI=1S/C8H15N3OS/c1-3-7(12)4-5-9-8-11-10-6(2)13-8/h7,12H,3-5H2,1-2H3,(H,9,11). The van der Waals surface area contributed by atoms with Crippen LogP contribution in [0.3, 0.4) is 0 Å². The Morgan fingerprint density at radius 2 is 2.31 bits per heavy atom. The van der Waals surface area contributed by atoms with Crippen LogP contribution in [-0.2, 0) is 0 Å². The maximum absolute atomic E-state index is 9.27.